The van der Waals surface area contributed by atoms with Gasteiger partial charge in [-0.2, -0.15) is 0 Å². The standard InChI is InChI=1S/C12H14N2O3/c1-7(2)6-14-10-8(11(15)16)4-3-5-9(10)13-12(14)17/h3-5,7H,6H2,1-2H3,(H,13,17)(H,15,16). The fraction of sp³-hybridized carbons (Fsp3) is 0.333. The number of nitrogens with one attached hydrogen (secondary N) is 1. The molecule has 0 bridgehead atoms. The molecule has 1 aromatic heterocycles. The summed E-state index contributed by atoms with van der Waals surface area (Å²) >= 11 is 0. The van der Waals surface area contributed by atoms with Gasteiger partial charge in [0.2, 0.25) is 0 Å². The van der Waals surface area contributed by atoms with Gasteiger partial charge in [0.25, 0.3) is 0 Å². The average Bonchev–Trinajstić information content (AvgIpc) is 2.54. The average molecular weight is 234 g/mol. The molecule has 0 aliphatic carbocycles. The summed E-state index contributed by atoms with van der Waals surface area (Å²) in [4.78, 5) is 25.6. The second-order valence-electron chi connectivity index (χ2n) is 4.44. The van der Waals surface area contributed by atoms with Crippen molar-refractivity contribution in [1.29, 1.82) is 0 Å². The fourth-order valence-electron chi connectivity index (χ4n) is 1.93. The number of hydrogen-bond donors (Lipinski definition) is 2. The van der Waals surface area contributed by atoms with E-state index >= 15 is 0 Å². The number of carboxylic acids is 1. The maximum Gasteiger partial charge on any atom is 0.337 e. The molecule has 0 amide bonds. The van der Waals surface area contributed by atoms with E-state index in [1.807, 2.05) is 13.8 Å². The van der Waals surface area contributed by atoms with E-state index in [9.17, 15) is 9.59 Å². The maximum absolute atomic E-state index is 11.8. The van der Waals surface area contributed by atoms with Gasteiger partial charge in [-0.25, -0.2) is 9.59 Å². The number of nitrogens with zero attached hydrogens (tertiary/aromatic N) is 1. The summed E-state index contributed by atoms with van der Waals surface area (Å²) in [5.41, 5.74) is 0.929. The highest BCUT2D eigenvalue weighted by atomic mass is 16.4. The van der Waals surface area contributed by atoms with Crippen molar-refractivity contribution in [3.63, 3.8) is 0 Å². The Bertz CT molecular complexity index is 622. The van der Waals surface area contributed by atoms with Crippen molar-refractivity contribution in [3.05, 3.63) is 34.2 Å². The van der Waals surface area contributed by atoms with Crippen LogP contribution in [0.4, 0.5) is 0 Å². The van der Waals surface area contributed by atoms with Gasteiger partial charge in [-0.05, 0) is 18.1 Å². The number of H-pyrrole nitrogens is 1. The second-order valence-corrected chi connectivity index (χ2v) is 4.44. The van der Waals surface area contributed by atoms with E-state index in [2.05, 4.69) is 4.98 Å². The number of aromatic amines is 1. The molecule has 1 heterocycles. The smallest absolute Gasteiger partial charge is 0.337 e. The third kappa shape index (κ3) is 1.95. The zero-order chi connectivity index (χ0) is 12.6. The Labute approximate surface area is 97.7 Å². The molecule has 0 saturated heterocycles. The second kappa shape index (κ2) is 4.08. The summed E-state index contributed by atoms with van der Waals surface area (Å²) in [7, 11) is 0. The Morgan fingerprint density at radius 2 is 2.18 bits per heavy atom. The normalized spacial score (nSPS) is 11.2. The molecule has 90 valence electrons. The molecule has 2 rings (SSSR count). The largest absolute Gasteiger partial charge is 0.478 e. The number of aromatic nitrogens is 2. The first-order valence-electron chi connectivity index (χ1n) is 5.45. The minimum Gasteiger partial charge on any atom is -0.478 e. The molecular formula is C12H14N2O3. The highest BCUT2D eigenvalue weighted by molar-refractivity contribution is 6.01. The number of para-hydroxylation sites is 1. The number of hydrogen-bond acceptors (Lipinski definition) is 2. The van der Waals surface area contributed by atoms with Gasteiger partial charge in [-0.15, -0.1) is 0 Å². The van der Waals surface area contributed by atoms with Crippen LogP contribution in [0.25, 0.3) is 11.0 Å². The molecule has 5 nitrogen and oxygen atoms in total. The lowest BCUT2D eigenvalue weighted by Gasteiger charge is -2.07. The zero-order valence-electron chi connectivity index (χ0n) is 9.73. The molecule has 0 radical (unpaired) electrons. The van der Waals surface area contributed by atoms with Gasteiger partial charge in [0.05, 0.1) is 16.6 Å². The summed E-state index contributed by atoms with van der Waals surface area (Å²) in [6, 6.07) is 4.84. The van der Waals surface area contributed by atoms with Crippen LogP contribution in [0.3, 0.4) is 0 Å². The Morgan fingerprint density at radius 1 is 1.47 bits per heavy atom. The van der Waals surface area contributed by atoms with Crippen LogP contribution in [0, 0.1) is 5.92 Å². The van der Waals surface area contributed by atoms with Crippen molar-refractivity contribution in [1.82, 2.24) is 9.55 Å². The molecule has 1 aromatic carbocycles. The monoisotopic (exact) mass is 234 g/mol. The molecule has 0 spiro atoms. The van der Waals surface area contributed by atoms with E-state index in [1.165, 1.54) is 10.6 Å². The number of carbonyl (C=O) groups is 1. The van der Waals surface area contributed by atoms with E-state index in [0.29, 0.717) is 17.6 Å². The molecule has 0 aliphatic heterocycles. The first-order valence-corrected chi connectivity index (χ1v) is 5.45. The van der Waals surface area contributed by atoms with Gasteiger partial charge in [0, 0.05) is 6.54 Å². The third-order valence-corrected chi connectivity index (χ3v) is 2.57. The van der Waals surface area contributed by atoms with Crippen molar-refractivity contribution in [2.24, 2.45) is 5.92 Å². The number of rotatable bonds is 3. The lowest BCUT2D eigenvalue weighted by Crippen LogP contribution is -2.20. The zero-order valence-corrected chi connectivity index (χ0v) is 9.73. The number of fused-ring (bicyclic) bond motifs is 1. The van der Waals surface area contributed by atoms with Gasteiger partial charge in [0.1, 0.15) is 0 Å². The van der Waals surface area contributed by atoms with Crippen molar-refractivity contribution in [2.45, 2.75) is 20.4 Å². The molecule has 2 N–H and O–H groups in total. The first-order chi connectivity index (χ1) is 8.00. The Balaban J connectivity index is 2.77. The number of benzene rings is 1. The topological polar surface area (TPSA) is 75.1 Å². The summed E-state index contributed by atoms with van der Waals surface area (Å²) in [5.74, 6) is -0.749. The summed E-state index contributed by atoms with van der Waals surface area (Å²) < 4.78 is 1.49. The predicted molar refractivity (Wildman–Crippen MR) is 64.4 cm³/mol. The molecule has 2 aromatic rings. The highest BCUT2D eigenvalue weighted by Crippen LogP contribution is 2.17. The lowest BCUT2D eigenvalue weighted by atomic mass is 10.1. The molecule has 0 atom stereocenters. The number of imidazole rings is 1. The molecule has 17 heavy (non-hydrogen) atoms. The van der Waals surface area contributed by atoms with E-state index < -0.39 is 5.97 Å². The van der Waals surface area contributed by atoms with Crippen molar-refractivity contribution < 1.29 is 9.90 Å². The van der Waals surface area contributed by atoms with Gasteiger partial charge in [0.15, 0.2) is 0 Å². The van der Waals surface area contributed by atoms with Crippen LogP contribution in [0.2, 0.25) is 0 Å². The SMILES string of the molecule is CC(C)Cn1c(=O)[nH]c2cccc(C(=O)O)c21. The molecule has 0 fully saturated rings. The van der Waals surface area contributed by atoms with Crippen LogP contribution in [0.1, 0.15) is 24.2 Å². The molecular weight excluding hydrogens is 220 g/mol. The van der Waals surface area contributed by atoms with Gasteiger partial charge in [-0.1, -0.05) is 19.9 Å². The molecule has 0 aliphatic rings. The van der Waals surface area contributed by atoms with Crippen molar-refractivity contribution >= 4 is 17.0 Å². The molecule has 0 unspecified atom stereocenters. The summed E-state index contributed by atoms with van der Waals surface area (Å²) in [5, 5.41) is 9.12. The Kier molecular flexibility index (Phi) is 2.75. The first kappa shape index (κ1) is 11.4. The third-order valence-electron chi connectivity index (χ3n) is 2.57. The van der Waals surface area contributed by atoms with E-state index in [-0.39, 0.29) is 17.2 Å². The number of aromatic carboxylic acids is 1. The highest BCUT2D eigenvalue weighted by Gasteiger charge is 2.15. The van der Waals surface area contributed by atoms with Gasteiger partial charge < -0.3 is 10.1 Å². The predicted octanol–water partition coefficient (Wildman–Crippen LogP) is 1.68. The summed E-state index contributed by atoms with van der Waals surface area (Å²) in [6.45, 7) is 4.46. The number of carboxylic acid groups (broad SMARTS) is 1. The van der Waals surface area contributed by atoms with Crippen molar-refractivity contribution in [2.75, 3.05) is 0 Å². The van der Waals surface area contributed by atoms with Crippen LogP contribution in [-0.2, 0) is 6.54 Å². The maximum atomic E-state index is 11.8. The Hall–Kier alpha value is -2.04. The fourth-order valence-corrected chi connectivity index (χ4v) is 1.93. The molecule has 5 heteroatoms. The molecule has 0 saturated carbocycles. The summed E-state index contributed by atoms with van der Waals surface area (Å²) in [6.07, 6.45) is 0. The van der Waals surface area contributed by atoms with Crippen LogP contribution in [-0.4, -0.2) is 20.6 Å². The van der Waals surface area contributed by atoms with Crippen molar-refractivity contribution in [3.8, 4) is 0 Å². The van der Waals surface area contributed by atoms with Crippen LogP contribution in [0.15, 0.2) is 23.0 Å². The van der Waals surface area contributed by atoms with E-state index in [1.54, 1.807) is 12.1 Å². The van der Waals surface area contributed by atoms with Crippen LogP contribution >= 0.6 is 0 Å². The van der Waals surface area contributed by atoms with Crippen LogP contribution in [0.5, 0.6) is 0 Å². The van der Waals surface area contributed by atoms with Crippen LogP contribution < -0.4 is 5.69 Å². The van der Waals surface area contributed by atoms with E-state index in [4.69, 9.17) is 5.11 Å². The Morgan fingerprint density at radius 3 is 2.76 bits per heavy atom. The van der Waals surface area contributed by atoms with E-state index in [0.717, 1.165) is 0 Å². The lowest BCUT2D eigenvalue weighted by molar-refractivity contribution is 0.0698. The minimum atomic E-state index is -1.02. The minimum absolute atomic E-state index is 0.154. The van der Waals surface area contributed by atoms with Gasteiger partial charge in [-0.3, -0.25) is 4.57 Å². The van der Waals surface area contributed by atoms with Gasteiger partial charge >= 0.3 is 11.7 Å². The quantitative estimate of drug-likeness (QED) is 0.848.